The number of para-hydroxylation sites is 1. The van der Waals surface area contributed by atoms with E-state index in [1.807, 2.05) is 36.4 Å². The second-order valence-corrected chi connectivity index (χ2v) is 5.49. The van der Waals surface area contributed by atoms with E-state index < -0.39 is 0 Å². The Morgan fingerprint density at radius 3 is 2.86 bits per heavy atom. The van der Waals surface area contributed by atoms with Crippen molar-refractivity contribution in [3.8, 4) is 0 Å². The van der Waals surface area contributed by atoms with Crippen LogP contribution in [0, 0.1) is 0 Å². The molecule has 0 bridgehead atoms. The van der Waals surface area contributed by atoms with Gasteiger partial charge in [0.05, 0.1) is 11.2 Å². The predicted octanol–water partition coefficient (Wildman–Crippen LogP) is 3.75. The number of hydrogen-bond acceptors (Lipinski definition) is 5. The zero-order chi connectivity index (χ0) is 14.5. The quantitative estimate of drug-likeness (QED) is 0.574. The lowest BCUT2D eigenvalue weighted by Gasteiger charge is -2.06. The van der Waals surface area contributed by atoms with Crippen molar-refractivity contribution < 1.29 is 0 Å². The van der Waals surface area contributed by atoms with Crippen molar-refractivity contribution in [2.75, 3.05) is 11.9 Å². The molecule has 1 aromatic carbocycles. The summed E-state index contributed by atoms with van der Waals surface area (Å²) in [5.74, 6) is 1.71. The van der Waals surface area contributed by atoms with Crippen LogP contribution in [0.5, 0.6) is 0 Å². The highest BCUT2D eigenvalue weighted by Crippen LogP contribution is 2.26. The Bertz CT molecular complexity index is 740. The molecule has 2 heterocycles. The molecule has 0 aliphatic carbocycles. The lowest BCUT2D eigenvalue weighted by molar-refractivity contribution is 1.09. The molecule has 0 atom stereocenters. The van der Waals surface area contributed by atoms with Gasteiger partial charge >= 0.3 is 0 Å². The van der Waals surface area contributed by atoms with Crippen molar-refractivity contribution in [1.29, 1.82) is 0 Å². The summed E-state index contributed by atoms with van der Waals surface area (Å²) in [6.45, 7) is 2.94. The van der Waals surface area contributed by atoms with E-state index in [1.165, 1.54) is 0 Å². The smallest absolute Gasteiger partial charge is 0.126 e. The number of nitrogens with one attached hydrogen (secondary N) is 1. The maximum Gasteiger partial charge on any atom is 0.126 e. The zero-order valence-corrected chi connectivity index (χ0v) is 12.6. The molecule has 0 unspecified atom stereocenters. The third kappa shape index (κ3) is 3.31. The summed E-state index contributed by atoms with van der Waals surface area (Å²) in [7, 11) is 0. The van der Waals surface area contributed by atoms with Crippen LogP contribution in [0.4, 0.5) is 5.82 Å². The van der Waals surface area contributed by atoms with Gasteiger partial charge in [0.25, 0.3) is 0 Å². The summed E-state index contributed by atoms with van der Waals surface area (Å²) in [6.07, 6.45) is 1.62. The van der Waals surface area contributed by atoms with Crippen molar-refractivity contribution in [2.24, 2.45) is 0 Å². The number of rotatable bonds is 5. The minimum Gasteiger partial charge on any atom is -0.370 e. The van der Waals surface area contributed by atoms with Crippen LogP contribution in [-0.4, -0.2) is 21.5 Å². The van der Waals surface area contributed by atoms with E-state index in [1.54, 1.807) is 18.1 Å². The highest BCUT2D eigenvalue weighted by Gasteiger charge is 2.05. The Labute approximate surface area is 128 Å². The number of aromatic nitrogens is 3. The summed E-state index contributed by atoms with van der Waals surface area (Å²) in [5, 5.41) is 5.32. The van der Waals surface area contributed by atoms with E-state index in [2.05, 4.69) is 33.3 Å². The van der Waals surface area contributed by atoms with E-state index in [0.717, 1.165) is 39.7 Å². The maximum absolute atomic E-state index is 4.58. The zero-order valence-electron chi connectivity index (χ0n) is 11.8. The molecule has 1 N–H and O–H groups in total. The number of benzene rings is 1. The second kappa shape index (κ2) is 6.54. The van der Waals surface area contributed by atoms with Crippen LogP contribution >= 0.6 is 11.8 Å². The molecule has 4 nitrogen and oxygen atoms in total. The molecule has 0 fully saturated rings. The summed E-state index contributed by atoms with van der Waals surface area (Å²) >= 11 is 1.69. The molecule has 0 saturated heterocycles. The predicted molar refractivity (Wildman–Crippen MR) is 87.5 cm³/mol. The van der Waals surface area contributed by atoms with Crippen molar-refractivity contribution >= 4 is 28.5 Å². The molecule has 2 aromatic heterocycles. The van der Waals surface area contributed by atoms with Gasteiger partial charge in [0.2, 0.25) is 0 Å². The molecule has 21 heavy (non-hydrogen) atoms. The highest BCUT2D eigenvalue weighted by atomic mass is 32.2. The minimum absolute atomic E-state index is 0.792. The first-order valence-electron chi connectivity index (χ1n) is 6.89. The van der Waals surface area contributed by atoms with Crippen LogP contribution in [0.2, 0.25) is 0 Å². The standard InChI is InChI=1S/C16H16N4S/c1-2-17-15-9-5-6-12(20-15)10-21-16-13-7-3-4-8-14(13)18-11-19-16/h3-9,11H,2,10H2,1H3,(H,17,20). The Morgan fingerprint density at radius 1 is 1.05 bits per heavy atom. The van der Waals surface area contributed by atoms with Gasteiger partial charge < -0.3 is 5.32 Å². The topological polar surface area (TPSA) is 50.7 Å². The third-order valence-corrected chi connectivity index (χ3v) is 4.07. The van der Waals surface area contributed by atoms with E-state index in [0.29, 0.717) is 0 Å². The lowest BCUT2D eigenvalue weighted by Crippen LogP contribution is -2.00. The fourth-order valence-corrected chi connectivity index (χ4v) is 2.97. The average Bonchev–Trinajstić information content (AvgIpc) is 2.53. The van der Waals surface area contributed by atoms with E-state index >= 15 is 0 Å². The van der Waals surface area contributed by atoms with Crippen LogP contribution in [-0.2, 0) is 5.75 Å². The van der Waals surface area contributed by atoms with Gasteiger partial charge in [-0.25, -0.2) is 15.0 Å². The van der Waals surface area contributed by atoms with Gasteiger partial charge in [0.15, 0.2) is 0 Å². The molecule has 0 aliphatic heterocycles. The van der Waals surface area contributed by atoms with Crippen LogP contribution in [0.1, 0.15) is 12.6 Å². The maximum atomic E-state index is 4.58. The van der Waals surface area contributed by atoms with Gasteiger partial charge in [-0.15, -0.1) is 0 Å². The van der Waals surface area contributed by atoms with Crippen molar-refractivity contribution in [3.05, 3.63) is 54.5 Å². The van der Waals surface area contributed by atoms with Crippen LogP contribution in [0.25, 0.3) is 10.9 Å². The molecule has 3 rings (SSSR count). The van der Waals surface area contributed by atoms with Crippen molar-refractivity contribution in [2.45, 2.75) is 17.7 Å². The number of hydrogen-bond donors (Lipinski definition) is 1. The molecule has 106 valence electrons. The minimum atomic E-state index is 0.792. The molecule has 0 radical (unpaired) electrons. The first-order chi connectivity index (χ1) is 10.4. The molecule has 0 spiro atoms. The van der Waals surface area contributed by atoms with Gasteiger partial charge in [-0.2, -0.15) is 0 Å². The summed E-state index contributed by atoms with van der Waals surface area (Å²) in [5.41, 5.74) is 2.02. The van der Waals surface area contributed by atoms with E-state index in [4.69, 9.17) is 0 Å². The van der Waals surface area contributed by atoms with Crippen LogP contribution in [0.15, 0.2) is 53.8 Å². The van der Waals surface area contributed by atoms with Crippen LogP contribution in [0.3, 0.4) is 0 Å². The molecular formula is C16H16N4S. The highest BCUT2D eigenvalue weighted by molar-refractivity contribution is 7.98. The fraction of sp³-hybridized carbons (Fsp3) is 0.188. The van der Waals surface area contributed by atoms with Gasteiger partial charge in [0, 0.05) is 17.7 Å². The summed E-state index contributed by atoms with van der Waals surface area (Å²) in [4.78, 5) is 13.3. The van der Waals surface area contributed by atoms with E-state index in [-0.39, 0.29) is 0 Å². The number of anilines is 1. The third-order valence-electron chi connectivity index (χ3n) is 3.03. The molecule has 3 aromatic rings. The van der Waals surface area contributed by atoms with Gasteiger partial charge in [-0.05, 0) is 25.1 Å². The molecule has 0 amide bonds. The first kappa shape index (κ1) is 13.8. The van der Waals surface area contributed by atoms with Crippen molar-refractivity contribution in [3.63, 3.8) is 0 Å². The molecule has 5 heteroatoms. The average molecular weight is 296 g/mol. The van der Waals surface area contributed by atoms with Gasteiger partial charge in [-0.3, -0.25) is 0 Å². The molecular weight excluding hydrogens is 280 g/mol. The monoisotopic (exact) mass is 296 g/mol. The largest absolute Gasteiger partial charge is 0.370 e. The molecule has 0 saturated carbocycles. The summed E-state index contributed by atoms with van der Waals surface area (Å²) < 4.78 is 0. The number of fused-ring (bicyclic) bond motifs is 1. The van der Waals surface area contributed by atoms with Gasteiger partial charge in [0.1, 0.15) is 17.2 Å². The Hall–Kier alpha value is -2.14. The second-order valence-electron chi connectivity index (χ2n) is 4.53. The Kier molecular flexibility index (Phi) is 4.31. The van der Waals surface area contributed by atoms with E-state index in [9.17, 15) is 0 Å². The number of nitrogens with zero attached hydrogens (tertiary/aromatic N) is 3. The Balaban J connectivity index is 1.79. The Morgan fingerprint density at radius 2 is 1.95 bits per heavy atom. The number of thioether (sulfide) groups is 1. The lowest BCUT2D eigenvalue weighted by atomic mass is 10.2. The summed E-state index contributed by atoms with van der Waals surface area (Å²) in [6, 6.07) is 14.1. The van der Waals surface area contributed by atoms with Crippen molar-refractivity contribution in [1.82, 2.24) is 15.0 Å². The first-order valence-corrected chi connectivity index (χ1v) is 7.87. The SMILES string of the molecule is CCNc1cccc(CSc2ncnc3ccccc23)n1. The molecule has 0 aliphatic rings. The normalized spacial score (nSPS) is 10.7. The van der Waals surface area contributed by atoms with Crippen LogP contribution < -0.4 is 5.32 Å². The number of pyridine rings is 1. The fourth-order valence-electron chi connectivity index (χ4n) is 2.08. The van der Waals surface area contributed by atoms with Gasteiger partial charge in [-0.1, -0.05) is 36.0 Å².